The summed E-state index contributed by atoms with van der Waals surface area (Å²) in [6.45, 7) is 1.86. The van der Waals surface area contributed by atoms with Gasteiger partial charge < -0.3 is 14.8 Å². The summed E-state index contributed by atoms with van der Waals surface area (Å²) in [5.74, 6) is 0.731. The normalized spacial score (nSPS) is 11.6. The molecule has 1 N–H and O–H groups in total. The molecule has 2 aromatic rings. The van der Waals surface area contributed by atoms with Crippen molar-refractivity contribution in [1.82, 2.24) is 4.98 Å². The molecule has 1 aromatic heterocycles. The van der Waals surface area contributed by atoms with Gasteiger partial charge in [-0.15, -0.1) is 0 Å². The molecule has 0 spiro atoms. The molecule has 6 heteroatoms. The molecule has 0 aliphatic carbocycles. The Labute approximate surface area is 134 Å². The molecule has 0 fully saturated rings. The van der Waals surface area contributed by atoms with Crippen molar-refractivity contribution in [3.05, 3.63) is 47.7 Å². The van der Waals surface area contributed by atoms with Gasteiger partial charge in [-0.1, -0.05) is 30.7 Å². The zero-order valence-corrected chi connectivity index (χ0v) is 13.1. The van der Waals surface area contributed by atoms with Crippen LogP contribution in [0, 0.1) is 0 Å². The number of carbonyl (C=O) groups is 1. The second-order valence-electron chi connectivity index (χ2n) is 4.51. The van der Waals surface area contributed by atoms with Gasteiger partial charge >= 0.3 is 0 Å². The van der Waals surface area contributed by atoms with E-state index in [0.717, 1.165) is 0 Å². The van der Waals surface area contributed by atoms with Crippen LogP contribution in [0.1, 0.15) is 13.3 Å². The maximum Gasteiger partial charge on any atom is 0.265 e. The summed E-state index contributed by atoms with van der Waals surface area (Å²) >= 11 is 6.05. The molecule has 1 atom stereocenters. The third-order valence-corrected chi connectivity index (χ3v) is 3.34. The Hall–Kier alpha value is -2.27. The first-order valence-electron chi connectivity index (χ1n) is 6.85. The minimum atomic E-state index is -0.662. The fourth-order valence-corrected chi connectivity index (χ4v) is 2.06. The quantitative estimate of drug-likeness (QED) is 0.884. The number of carbonyl (C=O) groups excluding carboxylic acids is 1. The van der Waals surface area contributed by atoms with E-state index in [4.69, 9.17) is 21.1 Å². The average Bonchev–Trinajstić information content (AvgIpc) is 2.54. The van der Waals surface area contributed by atoms with Crippen LogP contribution in [0.3, 0.4) is 0 Å². The highest BCUT2D eigenvalue weighted by molar-refractivity contribution is 6.32. The van der Waals surface area contributed by atoms with E-state index in [1.807, 2.05) is 6.92 Å². The smallest absolute Gasteiger partial charge is 0.265 e. The number of nitrogens with one attached hydrogen (secondary N) is 1. The van der Waals surface area contributed by atoms with Gasteiger partial charge in [0, 0.05) is 12.3 Å². The second kappa shape index (κ2) is 7.66. The molecule has 0 radical (unpaired) electrons. The fourth-order valence-electron chi connectivity index (χ4n) is 1.88. The van der Waals surface area contributed by atoms with E-state index in [2.05, 4.69) is 10.3 Å². The SMILES string of the molecule is CC[C@@H](Oc1ccccc1Cl)C(=O)Nc1cnccc1OC. The predicted octanol–water partition coefficient (Wildman–Crippen LogP) is 3.54. The summed E-state index contributed by atoms with van der Waals surface area (Å²) < 4.78 is 10.9. The van der Waals surface area contributed by atoms with Gasteiger partial charge in [-0.25, -0.2) is 0 Å². The summed E-state index contributed by atoms with van der Waals surface area (Å²) in [5.41, 5.74) is 0.496. The van der Waals surface area contributed by atoms with E-state index >= 15 is 0 Å². The maximum atomic E-state index is 12.4. The van der Waals surface area contributed by atoms with Crippen LogP contribution in [0.5, 0.6) is 11.5 Å². The number of rotatable bonds is 6. The lowest BCUT2D eigenvalue weighted by Crippen LogP contribution is -2.32. The summed E-state index contributed by atoms with van der Waals surface area (Å²) in [6.07, 6.45) is 2.95. The molecule has 0 bridgehead atoms. The Morgan fingerprint density at radius 1 is 1.32 bits per heavy atom. The van der Waals surface area contributed by atoms with Crippen molar-refractivity contribution in [2.24, 2.45) is 0 Å². The van der Waals surface area contributed by atoms with Crippen LogP contribution in [0.2, 0.25) is 5.02 Å². The van der Waals surface area contributed by atoms with Gasteiger partial charge in [0.05, 0.1) is 18.3 Å². The number of aromatic nitrogens is 1. The van der Waals surface area contributed by atoms with E-state index < -0.39 is 6.10 Å². The van der Waals surface area contributed by atoms with Crippen LogP contribution in [-0.4, -0.2) is 24.1 Å². The summed E-state index contributed by atoms with van der Waals surface area (Å²) in [6, 6.07) is 8.72. The molecule has 116 valence electrons. The molecule has 0 aliphatic rings. The monoisotopic (exact) mass is 320 g/mol. The number of hydrogen-bond acceptors (Lipinski definition) is 4. The number of hydrogen-bond donors (Lipinski definition) is 1. The van der Waals surface area contributed by atoms with E-state index in [1.54, 1.807) is 36.5 Å². The van der Waals surface area contributed by atoms with E-state index in [0.29, 0.717) is 28.6 Å². The van der Waals surface area contributed by atoms with Crippen LogP contribution in [-0.2, 0) is 4.79 Å². The number of pyridine rings is 1. The molecule has 0 saturated heterocycles. The summed E-state index contributed by atoms with van der Waals surface area (Å²) in [4.78, 5) is 16.3. The van der Waals surface area contributed by atoms with E-state index in [9.17, 15) is 4.79 Å². The molecule has 1 amide bonds. The Morgan fingerprint density at radius 3 is 2.77 bits per heavy atom. The van der Waals surface area contributed by atoms with Crippen LogP contribution >= 0.6 is 11.6 Å². The minimum Gasteiger partial charge on any atom is -0.494 e. The summed E-state index contributed by atoms with van der Waals surface area (Å²) in [5, 5.41) is 3.22. The molecule has 22 heavy (non-hydrogen) atoms. The van der Waals surface area contributed by atoms with Crippen LogP contribution < -0.4 is 14.8 Å². The lowest BCUT2D eigenvalue weighted by molar-refractivity contribution is -0.122. The molecule has 0 unspecified atom stereocenters. The highest BCUT2D eigenvalue weighted by Gasteiger charge is 2.20. The van der Waals surface area contributed by atoms with Crippen molar-refractivity contribution >= 4 is 23.2 Å². The molecule has 1 heterocycles. The fraction of sp³-hybridized carbons (Fsp3) is 0.250. The molecule has 2 rings (SSSR count). The number of ether oxygens (including phenoxy) is 2. The summed E-state index contributed by atoms with van der Waals surface area (Å²) in [7, 11) is 1.53. The zero-order chi connectivity index (χ0) is 15.9. The standard InChI is InChI=1S/C16H17ClN2O3/c1-3-13(22-14-7-5-4-6-11(14)17)16(20)19-12-10-18-9-8-15(12)21-2/h4-10,13H,3H2,1-2H3,(H,19,20)/t13-/m1/s1. The van der Waals surface area contributed by atoms with Gasteiger partial charge in [0.1, 0.15) is 17.2 Å². The van der Waals surface area contributed by atoms with Gasteiger partial charge in [-0.05, 0) is 18.6 Å². The first kappa shape index (κ1) is 16.1. The Balaban J connectivity index is 2.11. The highest BCUT2D eigenvalue weighted by atomic mass is 35.5. The second-order valence-corrected chi connectivity index (χ2v) is 4.92. The molecular weight excluding hydrogens is 304 g/mol. The first-order chi connectivity index (χ1) is 10.7. The molecule has 5 nitrogen and oxygen atoms in total. The maximum absolute atomic E-state index is 12.4. The predicted molar refractivity (Wildman–Crippen MR) is 85.6 cm³/mol. The Bertz CT molecular complexity index is 649. The molecular formula is C16H17ClN2O3. The van der Waals surface area contributed by atoms with Gasteiger partial charge in [-0.3, -0.25) is 9.78 Å². The zero-order valence-electron chi connectivity index (χ0n) is 12.4. The van der Waals surface area contributed by atoms with Crippen molar-refractivity contribution in [3.8, 4) is 11.5 Å². The van der Waals surface area contributed by atoms with Crippen molar-refractivity contribution in [3.63, 3.8) is 0 Å². The number of amides is 1. The molecule has 0 saturated carbocycles. The van der Waals surface area contributed by atoms with E-state index in [-0.39, 0.29) is 5.91 Å². The van der Waals surface area contributed by atoms with Crippen molar-refractivity contribution in [1.29, 1.82) is 0 Å². The topological polar surface area (TPSA) is 60.5 Å². The Morgan fingerprint density at radius 2 is 2.09 bits per heavy atom. The number of benzene rings is 1. The number of halogens is 1. The van der Waals surface area contributed by atoms with Gasteiger partial charge in [0.2, 0.25) is 0 Å². The van der Waals surface area contributed by atoms with Crippen LogP contribution in [0.25, 0.3) is 0 Å². The first-order valence-corrected chi connectivity index (χ1v) is 7.23. The third-order valence-electron chi connectivity index (χ3n) is 3.03. The largest absolute Gasteiger partial charge is 0.494 e. The lowest BCUT2D eigenvalue weighted by Gasteiger charge is -2.18. The lowest BCUT2D eigenvalue weighted by atomic mass is 10.2. The average molecular weight is 321 g/mol. The van der Waals surface area contributed by atoms with Crippen molar-refractivity contribution in [2.75, 3.05) is 12.4 Å². The highest BCUT2D eigenvalue weighted by Crippen LogP contribution is 2.26. The van der Waals surface area contributed by atoms with Crippen LogP contribution in [0.15, 0.2) is 42.7 Å². The third kappa shape index (κ3) is 3.89. The van der Waals surface area contributed by atoms with Gasteiger partial charge in [-0.2, -0.15) is 0 Å². The van der Waals surface area contributed by atoms with Crippen molar-refractivity contribution in [2.45, 2.75) is 19.4 Å². The number of methoxy groups -OCH3 is 1. The van der Waals surface area contributed by atoms with Crippen molar-refractivity contribution < 1.29 is 14.3 Å². The van der Waals surface area contributed by atoms with Gasteiger partial charge in [0.15, 0.2) is 6.10 Å². The van der Waals surface area contributed by atoms with Crippen LogP contribution in [0.4, 0.5) is 5.69 Å². The minimum absolute atomic E-state index is 0.284. The molecule has 0 aliphatic heterocycles. The number of nitrogens with zero attached hydrogens (tertiary/aromatic N) is 1. The van der Waals surface area contributed by atoms with Gasteiger partial charge in [0.25, 0.3) is 5.91 Å². The van der Waals surface area contributed by atoms with E-state index in [1.165, 1.54) is 13.3 Å². The number of para-hydroxylation sites is 1. The Kier molecular flexibility index (Phi) is 5.61. The number of anilines is 1. The molecule has 1 aromatic carbocycles.